The van der Waals surface area contributed by atoms with Gasteiger partial charge >= 0.3 is 0 Å². The predicted molar refractivity (Wildman–Crippen MR) is 109 cm³/mol. The Kier molecular flexibility index (Phi) is 4.07. The van der Waals surface area contributed by atoms with Gasteiger partial charge in [-0.05, 0) is 29.7 Å². The van der Waals surface area contributed by atoms with Gasteiger partial charge in [-0.2, -0.15) is 0 Å². The van der Waals surface area contributed by atoms with Crippen molar-refractivity contribution in [2.24, 2.45) is 0 Å². The van der Waals surface area contributed by atoms with Gasteiger partial charge in [0, 0.05) is 42.5 Å². The Morgan fingerprint density at radius 2 is 1.96 bits per heavy atom. The van der Waals surface area contributed by atoms with Crippen molar-refractivity contribution in [3.63, 3.8) is 0 Å². The lowest BCUT2D eigenvalue weighted by atomic mass is 10.0. The lowest BCUT2D eigenvalue weighted by Gasteiger charge is -2.26. The first-order valence-electron chi connectivity index (χ1n) is 9.02. The fourth-order valence-corrected chi connectivity index (χ4v) is 4.95. The third-order valence-corrected chi connectivity index (χ3v) is 6.09. The number of pyridine rings is 1. The molecule has 4 aromatic rings. The van der Waals surface area contributed by atoms with Crippen LogP contribution in [0.25, 0.3) is 21.6 Å². The molecule has 0 saturated carbocycles. The largest absolute Gasteiger partial charge is 0.383 e. The molecule has 134 valence electrons. The molecule has 0 atom stereocenters. The number of rotatable bonds is 3. The number of anilines is 1. The van der Waals surface area contributed by atoms with Crippen molar-refractivity contribution in [3.05, 3.63) is 70.9 Å². The maximum atomic E-state index is 6.34. The van der Waals surface area contributed by atoms with Crippen LogP contribution < -0.4 is 5.73 Å². The van der Waals surface area contributed by atoms with E-state index < -0.39 is 0 Å². The minimum absolute atomic E-state index is 0.577. The minimum atomic E-state index is 0.577. The maximum absolute atomic E-state index is 6.34. The molecule has 4 heterocycles. The molecule has 1 aliphatic rings. The van der Waals surface area contributed by atoms with Crippen LogP contribution in [-0.2, 0) is 19.5 Å². The summed E-state index contributed by atoms with van der Waals surface area (Å²) in [4.78, 5) is 18.3. The molecular weight excluding hydrogens is 354 g/mol. The zero-order valence-electron chi connectivity index (χ0n) is 14.8. The van der Waals surface area contributed by atoms with Gasteiger partial charge in [-0.3, -0.25) is 9.88 Å². The predicted octanol–water partition coefficient (Wildman–Crippen LogP) is 3.89. The number of fused-ring (bicyclic) bond motifs is 3. The quantitative estimate of drug-likeness (QED) is 0.590. The summed E-state index contributed by atoms with van der Waals surface area (Å²) in [5.74, 6) is 1.22. The second-order valence-electron chi connectivity index (χ2n) is 6.80. The smallest absolute Gasteiger partial charge is 0.164 e. The van der Waals surface area contributed by atoms with Crippen LogP contribution >= 0.6 is 11.3 Å². The van der Waals surface area contributed by atoms with E-state index in [0.717, 1.165) is 41.8 Å². The van der Waals surface area contributed by atoms with Crippen LogP contribution in [0.3, 0.4) is 0 Å². The molecule has 2 N–H and O–H groups in total. The van der Waals surface area contributed by atoms with Crippen molar-refractivity contribution >= 4 is 27.4 Å². The van der Waals surface area contributed by atoms with Gasteiger partial charge in [0.25, 0.3) is 0 Å². The molecule has 3 aromatic heterocycles. The van der Waals surface area contributed by atoms with Crippen LogP contribution in [0.4, 0.5) is 5.82 Å². The normalized spacial score (nSPS) is 14.4. The highest BCUT2D eigenvalue weighted by Gasteiger charge is 2.24. The Labute approximate surface area is 161 Å². The number of benzene rings is 1. The molecule has 0 aliphatic carbocycles. The van der Waals surface area contributed by atoms with Crippen molar-refractivity contribution in [1.29, 1.82) is 0 Å². The van der Waals surface area contributed by atoms with Gasteiger partial charge in [0.05, 0.1) is 5.39 Å². The van der Waals surface area contributed by atoms with Gasteiger partial charge < -0.3 is 5.73 Å². The number of nitrogens with two attached hydrogens (primary N) is 1. The van der Waals surface area contributed by atoms with Crippen LogP contribution in [0.1, 0.15) is 16.0 Å². The van der Waals surface area contributed by atoms with Gasteiger partial charge in [-0.15, -0.1) is 11.3 Å². The summed E-state index contributed by atoms with van der Waals surface area (Å²) in [5, 5.41) is 1.04. The average Bonchev–Trinajstić information content (AvgIpc) is 3.07. The molecule has 0 spiro atoms. The highest BCUT2D eigenvalue weighted by molar-refractivity contribution is 7.19. The molecule has 5 nitrogen and oxygen atoms in total. The number of nitrogen functional groups attached to an aromatic ring is 1. The lowest BCUT2D eigenvalue weighted by molar-refractivity contribution is 0.249. The molecule has 1 aromatic carbocycles. The maximum Gasteiger partial charge on any atom is 0.164 e. The Morgan fingerprint density at radius 1 is 1.07 bits per heavy atom. The van der Waals surface area contributed by atoms with Crippen LogP contribution in [0.5, 0.6) is 0 Å². The van der Waals surface area contributed by atoms with Gasteiger partial charge in [-0.1, -0.05) is 30.3 Å². The Morgan fingerprint density at radius 3 is 2.78 bits per heavy atom. The van der Waals surface area contributed by atoms with Crippen molar-refractivity contribution in [2.75, 3.05) is 12.3 Å². The van der Waals surface area contributed by atoms with Gasteiger partial charge in [0.2, 0.25) is 0 Å². The fraction of sp³-hybridized carbons (Fsp3) is 0.190. The summed E-state index contributed by atoms with van der Waals surface area (Å²) in [6, 6.07) is 14.5. The second kappa shape index (κ2) is 6.72. The summed E-state index contributed by atoms with van der Waals surface area (Å²) in [6.07, 6.45) is 4.51. The van der Waals surface area contributed by atoms with Crippen molar-refractivity contribution in [3.8, 4) is 11.4 Å². The summed E-state index contributed by atoms with van der Waals surface area (Å²) < 4.78 is 0. The van der Waals surface area contributed by atoms with Crippen LogP contribution in [-0.4, -0.2) is 26.4 Å². The van der Waals surface area contributed by atoms with Crippen molar-refractivity contribution in [2.45, 2.75) is 19.5 Å². The average molecular weight is 373 g/mol. The van der Waals surface area contributed by atoms with Gasteiger partial charge in [-0.25, -0.2) is 9.97 Å². The monoisotopic (exact) mass is 373 g/mol. The van der Waals surface area contributed by atoms with E-state index in [9.17, 15) is 0 Å². The summed E-state index contributed by atoms with van der Waals surface area (Å²) >= 11 is 1.74. The molecule has 0 saturated heterocycles. The summed E-state index contributed by atoms with van der Waals surface area (Å²) in [5.41, 5.74) is 9.91. The first-order valence-corrected chi connectivity index (χ1v) is 9.84. The third-order valence-electron chi connectivity index (χ3n) is 4.98. The molecule has 0 amide bonds. The second-order valence-corrected chi connectivity index (χ2v) is 7.89. The molecule has 5 rings (SSSR count). The lowest BCUT2D eigenvalue weighted by Crippen LogP contribution is -2.29. The Bertz CT molecular complexity index is 1090. The fourth-order valence-electron chi connectivity index (χ4n) is 3.68. The Balaban J connectivity index is 1.49. The van der Waals surface area contributed by atoms with E-state index in [4.69, 9.17) is 10.7 Å². The van der Waals surface area contributed by atoms with Crippen LogP contribution in [0.15, 0.2) is 54.9 Å². The SMILES string of the molecule is Nc1nc(-c2cccnc2)nc2sc3c(c12)CCN(Cc1ccccc1)C3. The van der Waals surface area contributed by atoms with E-state index in [1.807, 2.05) is 12.1 Å². The number of nitrogens with zero attached hydrogens (tertiary/aromatic N) is 4. The molecule has 0 radical (unpaired) electrons. The molecule has 27 heavy (non-hydrogen) atoms. The molecule has 0 bridgehead atoms. The van der Waals surface area contributed by atoms with E-state index in [1.165, 1.54) is 16.0 Å². The molecular formula is C21H19N5S. The summed E-state index contributed by atoms with van der Waals surface area (Å²) in [7, 11) is 0. The van der Waals surface area contributed by atoms with E-state index in [2.05, 4.69) is 45.2 Å². The van der Waals surface area contributed by atoms with Crippen LogP contribution in [0, 0.1) is 0 Å². The number of aromatic nitrogens is 3. The van der Waals surface area contributed by atoms with Crippen molar-refractivity contribution in [1.82, 2.24) is 19.9 Å². The summed E-state index contributed by atoms with van der Waals surface area (Å²) in [6.45, 7) is 2.93. The van der Waals surface area contributed by atoms with E-state index in [1.54, 1.807) is 23.7 Å². The highest BCUT2D eigenvalue weighted by atomic mass is 32.1. The van der Waals surface area contributed by atoms with Crippen molar-refractivity contribution < 1.29 is 0 Å². The van der Waals surface area contributed by atoms with E-state index >= 15 is 0 Å². The highest BCUT2D eigenvalue weighted by Crippen LogP contribution is 2.38. The topological polar surface area (TPSA) is 67.9 Å². The van der Waals surface area contributed by atoms with E-state index in [-0.39, 0.29) is 0 Å². The zero-order chi connectivity index (χ0) is 18.2. The first kappa shape index (κ1) is 16.4. The van der Waals surface area contributed by atoms with Gasteiger partial charge in [0.1, 0.15) is 10.6 Å². The number of hydrogen-bond acceptors (Lipinski definition) is 6. The number of hydrogen-bond donors (Lipinski definition) is 1. The molecule has 6 heteroatoms. The molecule has 0 unspecified atom stereocenters. The minimum Gasteiger partial charge on any atom is -0.383 e. The first-order chi connectivity index (χ1) is 13.3. The molecule has 0 fully saturated rings. The molecule has 1 aliphatic heterocycles. The van der Waals surface area contributed by atoms with Gasteiger partial charge in [0.15, 0.2) is 5.82 Å². The third kappa shape index (κ3) is 3.07. The number of thiophene rings is 1. The zero-order valence-corrected chi connectivity index (χ0v) is 15.6. The van der Waals surface area contributed by atoms with Crippen LogP contribution in [0.2, 0.25) is 0 Å². The Hall–Kier alpha value is -2.83. The van der Waals surface area contributed by atoms with E-state index in [0.29, 0.717) is 11.6 Å². The standard InChI is InChI=1S/C21H19N5S/c22-19-18-16-8-10-26(12-14-5-2-1-3-6-14)13-17(16)27-21(18)25-20(24-19)15-7-4-9-23-11-15/h1-7,9,11H,8,10,12-13H2,(H2,22,24,25).